The lowest BCUT2D eigenvalue weighted by atomic mass is 9.77. The van der Waals surface area contributed by atoms with Crippen LogP contribution in [0.4, 0.5) is 0 Å². The fraction of sp³-hybridized carbons (Fsp3) is 0.474. The van der Waals surface area contributed by atoms with Crippen LogP contribution in [0.2, 0.25) is 0 Å². The van der Waals surface area contributed by atoms with Crippen molar-refractivity contribution in [2.24, 2.45) is 0 Å². The quantitative estimate of drug-likeness (QED) is 0.456. The highest BCUT2D eigenvalue weighted by Crippen LogP contribution is 2.37. The molecular weight excluding hydrogens is 347 g/mol. The van der Waals surface area contributed by atoms with Crippen molar-refractivity contribution in [1.82, 2.24) is 9.97 Å². The SMILES string of the molecule is COc1ccc(CSc2ncc(C)cn2)cc1B1OC(C)(C)C(C)(C)O1. The van der Waals surface area contributed by atoms with Crippen molar-refractivity contribution in [3.8, 4) is 5.75 Å². The Morgan fingerprint density at radius 1 is 1.08 bits per heavy atom. The molecule has 1 aromatic carbocycles. The molecule has 0 N–H and O–H groups in total. The molecule has 1 saturated heterocycles. The molecule has 26 heavy (non-hydrogen) atoms. The van der Waals surface area contributed by atoms with Crippen LogP contribution in [-0.2, 0) is 15.1 Å². The summed E-state index contributed by atoms with van der Waals surface area (Å²) in [5.74, 6) is 1.53. The number of hydrogen-bond acceptors (Lipinski definition) is 6. The zero-order valence-corrected chi connectivity index (χ0v) is 17.0. The van der Waals surface area contributed by atoms with Crippen molar-refractivity contribution in [1.29, 1.82) is 0 Å². The summed E-state index contributed by atoms with van der Waals surface area (Å²) in [7, 11) is 1.22. The van der Waals surface area contributed by atoms with Gasteiger partial charge in [-0.05, 0) is 51.8 Å². The Kier molecular flexibility index (Phi) is 5.33. The van der Waals surface area contributed by atoms with E-state index in [1.54, 1.807) is 18.9 Å². The molecule has 0 spiro atoms. The summed E-state index contributed by atoms with van der Waals surface area (Å²) in [6.07, 6.45) is 3.66. The number of hydrogen-bond donors (Lipinski definition) is 0. The van der Waals surface area contributed by atoms with Gasteiger partial charge in [0.05, 0.1) is 18.3 Å². The van der Waals surface area contributed by atoms with Crippen LogP contribution in [0.3, 0.4) is 0 Å². The maximum absolute atomic E-state index is 6.19. The number of thioether (sulfide) groups is 1. The zero-order chi connectivity index (χ0) is 18.9. The molecule has 2 heterocycles. The molecule has 1 aliphatic heterocycles. The van der Waals surface area contributed by atoms with Gasteiger partial charge in [0.25, 0.3) is 0 Å². The fourth-order valence-electron chi connectivity index (χ4n) is 2.63. The Balaban J connectivity index is 1.80. The molecule has 0 atom stereocenters. The van der Waals surface area contributed by atoms with Gasteiger partial charge in [-0.2, -0.15) is 0 Å². The third-order valence-electron chi connectivity index (χ3n) is 4.93. The number of rotatable bonds is 5. The van der Waals surface area contributed by atoms with E-state index in [0.717, 1.165) is 33.2 Å². The molecule has 2 aromatic rings. The van der Waals surface area contributed by atoms with Crippen molar-refractivity contribution in [3.05, 3.63) is 41.7 Å². The van der Waals surface area contributed by atoms with Crippen LogP contribution in [0.1, 0.15) is 38.8 Å². The van der Waals surface area contributed by atoms with E-state index in [9.17, 15) is 0 Å². The fourth-order valence-corrected chi connectivity index (χ4v) is 3.36. The molecule has 5 nitrogen and oxygen atoms in total. The average Bonchev–Trinajstić information content (AvgIpc) is 2.82. The molecule has 7 heteroatoms. The van der Waals surface area contributed by atoms with E-state index < -0.39 is 7.12 Å². The smallest absolute Gasteiger partial charge is 0.497 e. The van der Waals surface area contributed by atoms with E-state index in [0.29, 0.717) is 0 Å². The molecule has 1 fully saturated rings. The highest BCUT2D eigenvalue weighted by Gasteiger charge is 2.52. The molecule has 1 aromatic heterocycles. The topological polar surface area (TPSA) is 53.5 Å². The summed E-state index contributed by atoms with van der Waals surface area (Å²) in [4.78, 5) is 8.69. The van der Waals surface area contributed by atoms with Gasteiger partial charge in [-0.3, -0.25) is 0 Å². The van der Waals surface area contributed by atoms with E-state index in [-0.39, 0.29) is 11.2 Å². The molecule has 3 rings (SSSR count). The predicted molar refractivity (Wildman–Crippen MR) is 105 cm³/mol. The number of nitrogens with zero attached hydrogens (tertiary/aromatic N) is 2. The minimum Gasteiger partial charge on any atom is -0.497 e. The van der Waals surface area contributed by atoms with Gasteiger partial charge in [-0.15, -0.1) is 0 Å². The second-order valence-corrected chi connectivity index (χ2v) is 8.44. The molecular formula is C19H25BN2O3S. The number of aromatic nitrogens is 2. The normalized spacial score (nSPS) is 18.2. The van der Waals surface area contributed by atoms with Crippen LogP contribution in [0.5, 0.6) is 5.75 Å². The lowest BCUT2D eigenvalue weighted by Crippen LogP contribution is -2.41. The summed E-state index contributed by atoms with van der Waals surface area (Å²) < 4.78 is 17.9. The van der Waals surface area contributed by atoms with E-state index >= 15 is 0 Å². The second-order valence-electron chi connectivity index (χ2n) is 7.50. The van der Waals surface area contributed by atoms with Crippen molar-refractivity contribution in [3.63, 3.8) is 0 Å². The third-order valence-corrected chi connectivity index (χ3v) is 5.87. The maximum Gasteiger partial charge on any atom is 0.498 e. The summed E-state index contributed by atoms with van der Waals surface area (Å²) in [5, 5.41) is 0.767. The number of ether oxygens (including phenoxy) is 1. The van der Waals surface area contributed by atoms with Gasteiger partial charge in [0.15, 0.2) is 5.16 Å². The van der Waals surface area contributed by atoms with Crippen LogP contribution in [0.15, 0.2) is 35.7 Å². The van der Waals surface area contributed by atoms with Gasteiger partial charge in [0.1, 0.15) is 5.75 Å². The van der Waals surface area contributed by atoms with Crippen molar-refractivity contribution >= 4 is 24.3 Å². The third kappa shape index (κ3) is 3.90. The van der Waals surface area contributed by atoms with E-state index in [1.165, 1.54) is 0 Å². The van der Waals surface area contributed by atoms with Crippen LogP contribution in [-0.4, -0.2) is 35.4 Å². The van der Waals surface area contributed by atoms with Crippen molar-refractivity contribution in [2.45, 2.75) is 56.7 Å². The minimum absolute atomic E-state index is 0.386. The Morgan fingerprint density at radius 2 is 1.69 bits per heavy atom. The number of methoxy groups -OCH3 is 1. The molecule has 0 aliphatic carbocycles. The second kappa shape index (κ2) is 7.21. The molecule has 0 bridgehead atoms. The highest BCUT2D eigenvalue weighted by atomic mass is 32.2. The lowest BCUT2D eigenvalue weighted by molar-refractivity contribution is 0.00578. The maximum atomic E-state index is 6.19. The highest BCUT2D eigenvalue weighted by molar-refractivity contribution is 7.98. The Hall–Kier alpha value is -1.57. The van der Waals surface area contributed by atoms with Gasteiger partial charge in [-0.25, -0.2) is 9.97 Å². The van der Waals surface area contributed by atoms with E-state index in [1.807, 2.05) is 53.1 Å². The summed E-state index contributed by atoms with van der Waals surface area (Å²) in [6.45, 7) is 10.2. The van der Waals surface area contributed by atoms with Crippen LogP contribution in [0.25, 0.3) is 0 Å². The molecule has 138 valence electrons. The summed E-state index contributed by atoms with van der Waals surface area (Å²) in [5.41, 5.74) is 2.34. The minimum atomic E-state index is -0.449. The molecule has 0 unspecified atom stereocenters. The molecule has 0 saturated carbocycles. The summed E-state index contributed by atoms with van der Waals surface area (Å²) in [6, 6.07) is 6.10. The standard InChI is InChI=1S/C19H25BN2O3S/c1-13-10-21-17(22-11-13)26-12-14-7-8-16(23-6)15(9-14)20-24-18(2,3)19(4,5)25-20/h7-11H,12H2,1-6H3. The first kappa shape index (κ1) is 19.2. The monoisotopic (exact) mass is 372 g/mol. The first-order chi connectivity index (χ1) is 12.2. The summed E-state index contributed by atoms with van der Waals surface area (Å²) >= 11 is 1.60. The molecule has 0 amide bonds. The van der Waals surface area contributed by atoms with E-state index in [2.05, 4.69) is 22.1 Å². The van der Waals surface area contributed by atoms with Gasteiger partial charge in [-0.1, -0.05) is 23.9 Å². The van der Waals surface area contributed by atoms with Crippen molar-refractivity contribution in [2.75, 3.05) is 7.11 Å². The van der Waals surface area contributed by atoms with Crippen LogP contribution in [0, 0.1) is 6.92 Å². The van der Waals surface area contributed by atoms with E-state index in [4.69, 9.17) is 14.0 Å². The lowest BCUT2D eigenvalue weighted by Gasteiger charge is -2.32. The van der Waals surface area contributed by atoms with Crippen LogP contribution >= 0.6 is 11.8 Å². The Bertz CT molecular complexity index is 765. The Labute approximate surface area is 160 Å². The Morgan fingerprint density at radius 3 is 2.27 bits per heavy atom. The predicted octanol–water partition coefficient (Wildman–Crippen LogP) is 3.39. The van der Waals surface area contributed by atoms with Gasteiger partial charge < -0.3 is 14.0 Å². The molecule has 1 aliphatic rings. The average molecular weight is 372 g/mol. The van der Waals surface area contributed by atoms with Gasteiger partial charge in [0, 0.05) is 23.6 Å². The first-order valence-corrected chi connectivity index (χ1v) is 9.64. The van der Waals surface area contributed by atoms with Crippen molar-refractivity contribution < 1.29 is 14.0 Å². The van der Waals surface area contributed by atoms with Gasteiger partial charge in [0.2, 0.25) is 0 Å². The van der Waals surface area contributed by atoms with Gasteiger partial charge >= 0.3 is 7.12 Å². The first-order valence-electron chi connectivity index (χ1n) is 8.66. The number of benzene rings is 1. The largest absolute Gasteiger partial charge is 0.498 e. The number of aryl methyl sites for hydroxylation is 1. The zero-order valence-electron chi connectivity index (χ0n) is 16.2. The molecule has 0 radical (unpaired) electrons. The van der Waals surface area contributed by atoms with Crippen LogP contribution < -0.4 is 10.2 Å².